The van der Waals surface area contributed by atoms with E-state index in [0.717, 1.165) is 35.8 Å². The maximum Gasteiger partial charge on any atom is 0.128 e. The first-order valence-electron chi connectivity index (χ1n) is 7.89. The molecule has 0 aliphatic heterocycles. The van der Waals surface area contributed by atoms with Gasteiger partial charge in [-0.05, 0) is 36.9 Å². The van der Waals surface area contributed by atoms with Gasteiger partial charge in [-0.25, -0.2) is 4.98 Å². The minimum absolute atomic E-state index is 0.813. The largest absolute Gasteiger partial charge is 0.496 e. The number of ether oxygens (including phenoxy) is 1. The predicted molar refractivity (Wildman–Crippen MR) is 94.6 cm³/mol. The second kappa shape index (κ2) is 7.27. The molecule has 0 spiro atoms. The van der Waals surface area contributed by atoms with Crippen molar-refractivity contribution in [3.05, 3.63) is 66.4 Å². The van der Waals surface area contributed by atoms with Gasteiger partial charge in [0, 0.05) is 31.9 Å². The number of aryl methyl sites for hydroxylation is 1. The number of hydrogen-bond donors (Lipinski definition) is 0. The summed E-state index contributed by atoms with van der Waals surface area (Å²) >= 11 is 0. The predicted octanol–water partition coefficient (Wildman–Crippen LogP) is 3.12. The van der Waals surface area contributed by atoms with Gasteiger partial charge in [-0.15, -0.1) is 0 Å². The summed E-state index contributed by atoms with van der Waals surface area (Å²) in [7, 11) is 5.78. The maximum absolute atomic E-state index is 5.52. The molecule has 0 saturated carbocycles. The molecule has 0 aliphatic carbocycles. The Morgan fingerprint density at radius 2 is 2.04 bits per heavy atom. The molecular formula is C19H22N4O. The van der Waals surface area contributed by atoms with Crippen LogP contribution in [0.4, 0.5) is 0 Å². The van der Waals surface area contributed by atoms with Gasteiger partial charge in [0.25, 0.3) is 0 Å². The van der Waals surface area contributed by atoms with Crippen LogP contribution in [0.1, 0.15) is 11.3 Å². The molecule has 0 fully saturated rings. The van der Waals surface area contributed by atoms with Gasteiger partial charge < -0.3 is 9.30 Å². The van der Waals surface area contributed by atoms with Crippen LogP contribution in [0.3, 0.4) is 0 Å². The van der Waals surface area contributed by atoms with Gasteiger partial charge in [0.15, 0.2) is 0 Å². The van der Waals surface area contributed by atoms with Gasteiger partial charge in [-0.3, -0.25) is 9.88 Å². The van der Waals surface area contributed by atoms with Gasteiger partial charge in [-0.2, -0.15) is 0 Å². The second-order valence-electron chi connectivity index (χ2n) is 5.92. The van der Waals surface area contributed by atoms with E-state index in [-0.39, 0.29) is 0 Å². The molecule has 1 aromatic carbocycles. The van der Waals surface area contributed by atoms with Crippen LogP contribution in [-0.2, 0) is 20.1 Å². The molecule has 0 N–H and O–H groups in total. The van der Waals surface area contributed by atoms with Crippen molar-refractivity contribution in [3.63, 3.8) is 0 Å². The Kier molecular flexibility index (Phi) is 4.91. The normalized spacial score (nSPS) is 11.0. The molecule has 5 heteroatoms. The maximum atomic E-state index is 5.52. The van der Waals surface area contributed by atoms with E-state index in [1.807, 2.05) is 48.3 Å². The van der Waals surface area contributed by atoms with Crippen molar-refractivity contribution < 1.29 is 4.74 Å². The summed E-state index contributed by atoms with van der Waals surface area (Å²) in [5, 5.41) is 0. The van der Waals surface area contributed by atoms with Crippen molar-refractivity contribution in [2.75, 3.05) is 14.2 Å². The molecule has 2 heterocycles. The summed E-state index contributed by atoms with van der Waals surface area (Å²) in [6, 6.07) is 12.3. The number of rotatable bonds is 6. The van der Waals surface area contributed by atoms with Crippen LogP contribution < -0.4 is 4.74 Å². The molecule has 124 valence electrons. The van der Waals surface area contributed by atoms with Crippen molar-refractivity contribution in [2.45, 2.75) is 13.1 Å². The van der Waals surface area contributed by atoms with Crippen LogP contribution in [0.15, 0.2) is 55.1 Å². The van der Waals surface area contributed by atoms with Crippen LogP contribution in [0.2, 0.25) is 0 Å². The molecule has 0 atom stereocenters. The number of benzene rings is 1. The smallest absolute Gasteiger partial charge is 0.128 e. The minimum atomic E-state index is 0.813. The molecule has 3 rings (SSSR count). The van der Waals surface area contributed by atoms with Crippen LogP contribution >= 0.6 is 0 Å². The van der Waals surface area contributed by atoms with Crippen LogP contribution in [0.25, 0.3) is 11.3 Å². The van der Waals surface area contributed by atoms with Crippen LogP contribution in [0.5, 0.6) is 5.75 Å². The van der Waals surface area contributed by atoms with E-state index in [2.05, 4.69) is 34.0 Å². The topological polar surface area (TPSA) is 43.2 Å². The highest BCUT2D eigenvalue weighted by molar-refractivity contribution is 5.68. The first kappa shape index (κ1) is 16.2. The Morgan fingerprint density at radius 3 is 2.71 bits per heavy atom. The van der Waals surface area contributed by atoms with Crippen molar-refractivity contribution in [2.24, 2.45) is 7.05 Å². The fourth-order valence-electron chi connectivity index (χ4n) is 2.81. The Bertz CT molecular complexity index is 798. The summed E-state index contributed by atoms with van der Waals surface area (Å²) in [4.78, 5) is 10.8. The van der Waals surface area contributed by atoms with Crippen LogP contribution in [0, 0.1) is 0 Å². The lowest BCUT2D eigenvalue weighted by molar-refractivity contribution is 0.315. The fraction of sp³-hybridized carbons (Fsp3) is 0.263. The summed E-state index contributed by atoms with van der Waals surface area (Å²) in [5.74, 6) is 0.856. The number of methoxy groups -OCH3 is 1. The summed E-state index contributed by atoms with van der Waals surface area (Å²) in [6.07, 6.45) is 5.49. The van der Waals surface area contributed by atoms with Gasteiger partial charge >= 0.3 is 0 Å². The zero-order chi connectivity index (χ0) is 16.9. The third-order valence-corrected chi connectivity index (χ3v) is 3.97. The third-order valence-electron chi connectivity index (χ3n) is 3.97. The Balaban J connectivity index is 1.80. The van der Waals surface area contributed by atoms with Gasteiger partial charge in [0.1, 0.15) is 5.75 Å². The zero-order valence-electron chi connectivity index (χ0n) is 14.3. The van der Waals surface area contributed by atoms with Gasteiger partial charge in [-0.1, -0.05) is 12.1 Å². The second-order valence-corrected chi connectivity index (χ2v) is 5.92. The van der Waals surface area contributed by atoms with Crippen LogP contribution in [-0.4, -0.2) is 33.6 Å². The van der Waals surface area contributed by atoms with E-state index < -0.39 is 0 Å². The first-order chi connectivity index (χ1) is 11.7. The Hall–Kier alpha value is -2.66. The summed E-state index contributed by atoms with van der Waals surface area (Å²) in [5.41, 5.74) is 4.40. The summed E-state index contributed by atoms with van der Waals surface area (Å²) in [6.45, 7) is 1.65. The van der Waals surface area contributed by atoms with E-state index in [0.29, 0.717) is 0 Å². The van der Waals surface area contributed by atoms with E-state index in [1.165, 1.54) is 5.56 Å². The molecule has 0 aliphatic rings. The lowest BCUT2D eigenvalue weighted by Crippen LogP contribution is -2.18. The molecule has 24 heavy (non-hydrogen) atoms. The molecule has 0 bridgehead atoms. The lowest BCUT2D eigenvalue weighted by atomic mass is 10.1. The lowest BCUT2D eigenvalue weighted by Gasteiger charge is -2.18. The molecule has 0 unspecified atom stereocenters. The molecule has 0 saturated heterocycles. The highest BCUT2D eigenvalue weighted by Crippen LogP contribution is 2.30. The number of imidazole rings is 1. The highest BCUT2D eigenvalue weighted by Gasteiger charge is 2.11. The van der Waals surface area contributed by atoms with Gasteiger partial charge in [0.05, 0.1) is 31.0 Å². The Labute approximate surface area is 142 Å². The highest BCUT2D eigenvalue weighted by atomic mass is 16.5. The van der Waals surface area contributed by atoms with Crippen molar-refractivity contribution >= 4 is 0 Å². The van der Waals surface area contributed by atoms with E-state index >= 15 is 0 Å². The minimum Gasteiger partial charge on any atom is -0.496 e. The van der Waals surface area contributed by atoms with Gasteiger partial charge in [0.2, 0.25) is 0 Å². The molecule has 2 aromatic heterocycles. The summed E-state index contributed by atoms with van der Waals surface area (Å²) < 4.78 is 7.51. The molecule has 0 radical (unpaired) electrons. The number of pyridine rings is 1. The molecule has 0 amide bonds. The molecular weight excluding hydrogens is 300 g/mol. The Morgan fingerprint density at radius 1 is 1.17 bits per heavy atom. The van der Waals surface area contributed by atoms with E-state index in [1.54, 1.807) is 13.4 Å². The number of aromatic nitrogens is 3. The van der Waals surface area contributed by atoms with Crippen molar-refractivity contribution in [1.29, 1.82) is 0 Å². The number of nitrogens with zero attached hydrogens (tertiary/aromatic N) is 4. The standard InChI is InChI=1S/C19H22N4O/c1-22(13-16-6-4-5-9-21-16)12-15-7-8-19(24-3)17(10-15)18-11-20-14-23(18)2/h4-11,14H,12-13H2,1-3H3. The zero-order valence-corrected chi connectivity index (χ0v) is 14.3. The van der Waals surface area contributed by atoms with Crippen molar-refractivity contribution in [1.82, 2.24) is 19.4 Å². The quantitative estimate of drug-likeness (QED) is 0.699. The fourth-order valence-corrected chi connectivity index (χ4v) is 2.81. The number of hydrogen-bond acceptors (Lipinski definition) is 4. The van der Waals surface area contributed by atoms with Crippen molar-refractivity contribution in [3.8, 4) is 17.0 Å². The molecule has 3 aromatic rings. The third kappa shape index (κ3) is 3.63. The van der Waals surface area contributed by atoms with E-state index in [4.69, 9.17) is 4.74 Å². The average Bonchev–Trinajstić information content (AvgIpc) is 3.01. The average molecular weight is 322 g/mol. The SMILES string of the molecule is COc1ccc(CN(C)Cc2ccccn2)cc1-c1cncn1C. The molecule has 5 nitrogen and oxygen atoms in total. The monoisotopic (exact) mass is 322 g/mol. The van der Waals surface area contributed by atoms with E-state index in [9.17, 15) is 0 Å². The first-order valence-corrected chi connectivity index (χ1v) is 7.89.